The summed E-state index contributed by atoms with van der Waals surface area (Å²) in [6.45, 7) is 11.0. The smallest absolute Gasteiger partial charge is 0.139 e. The third kappa shape index (κ3) is 2.60. The monoisotopic (exact) mass is 326 g/mol. The van der Waals surface area contributed by atoms with Gasteiger partial charge >= 0.3 is 0 Å². The number of Topliss-reactive ketones (excluding diaryl/α,β-unsaturated/α-hetero) is 1. The molecule has 130 valence electrons. The highest BCUT2D eigenvalue weighted by Gasteiger charge is 2.54. The van der Waals surface area contributed by atoms with E-state index in [1.54, 1.807) is 5.56 Å². The summed E-state index contributed by atoms with van der Waals surface area (Å²) in [7, 11) is 0. The first-order valence-corrected chi connectivity index (χ1v) is 9.42. The summed E-state index contributed by atoms with van der Waals surface area (Å²) in [6.07, 6.45) is 6.62. The molecule has 0 bridgehead atoms. The zero-order valence-electron chi connectivity index (χ0n) is 15.1. The largest absolute Gasteiger partial charge is 0.494 e. The zero-order valence-corrected chi connectivity index (χ0v) is 15.1. The average molecular weight is 326 g/mol. The number of ether oxygens (including phenoxy) is 1. The van der Waals surface area contributed by atoms with Crippen molar-refractivity contribution < 1.29 is 9.53 Å². The van der Waals surface area contributed by atoms with Gasteiger partial charge in [0.05, 0.1) is 6.61 Å². The Balaban J connectivity index is 0.000000815. The Hall–Kier alpha value is -1.57. The maximum Gasteiger partial charge on any atom is 0.139 e. The highest BCUT2D eigenvalue weighted by molar-refractivity contribution is 5.87. The number of rotatable bonds is 2. The molecule has 3 aliphatic rings. The molecular formula is C22H30O2. The van der Waals surface area contributed by atoms with Crippen molar-refractivity contribution in [1.29, 1.82) is 0 Å². The van der Waals surface area contributed by atoms with E-state index >= 15 is 0 Å². The van der Waals surface area contributed by atoms with Gasteiger partial charge in [-0.2, -0.15) is 0 Å². The van der Waals surface area contributed by atoms with Gasteiger partial charge in [0.1, 0.15) is 11.5 Å². The summed E-state index contributed by atoms with van der Waals surface area (Å²) in [5.41, 5.74) is 3.02. The highest BCUT2D eigenvalue weighted by Crippen LogP contribution is 2.59. The Morgan fingerprint density at radius 3 is 2.75 bits per heavy atom. The first-order valence-electron chi connectivity index (χ1n) is 9.42. The molecule has 0 saturated heterocycles. The van der Waals surface area contributed by atoms with Crippen LogP contribution in [-0.2, 0) is 11.2 Å². The molecule has 1 aromatic rings. The number of hydrogen-bond acceptors (Lipinski definition) is 2. The van der Waals surface area contributed by atoms with Crippen LogP contribution in [0.15, 0.2) is 31.4 Å². The molecule has 2 heteroatoms. The van der Waals surface area contributed by atoms with Gasteiger partial charge in [0.2, 0.25) is 0 Å². The van der Waals surface area contributed by atoms with Crippen LogP contribution in [0.4, 0.5) is 0 Å². The Bertz CT molecular complexity index is 620. The zero-order chi connectivity index (χ0) is 17.3. The van der Waals surface area contributed by atoms with Crippen LogP contribution in [0.5, 0.6) is 5.75 Å². The lowest BCUT2D eigenvalue weighted by atomic mass is 9.55. The third-order valence-corrected chi connectivity index (χ3v) is 6.72. The minimum Gasteiger partial charge on any atom is -0.494 e. The fourth-order valence-electron chi connectivity index (χ4n) is 5.59. The van der Waals surface area contributed by atoms with E-state index in [0.717, 1.165) is 44.0 Å². The third-order valence-electron chi connectivity index (χ3n) is 6.72. The van der Waals surface area contributed by atoms with E-state index in [9.17, 15) is 4.79 Å². The molecule has 2 fully saturated rings. The number of aryl methyl sites for hydroxylation is 1. The molecule has 0 aromatic heterocycles. The topological polar surface area (TPSA) is 26.3 Å². The Labute approximate surface area is 146 Å². The summed E-state index contributed by atoms with van der Waals surface area (Å²) in [5, 5.41) is 0. The van der Waals surface area contributed by atoms with E-state index in [-0.39, 0.29) is 5.41 Å². The lowest BCUT2D eigenvalue weighted by Crippen LogP contribution is -2.42. The standard InChI is InChI=1S/C20H26O2.C2H4/c1-3-22-14-5-7-15-13(12-14)4-6-17-16(15)10-11-20(2)18(17)8-9-19(20)21;1-2/h5,7,12,16-18H,3-4,6,8-11H2,1-2H3;1-2H2. The normalized spacial score (nSPS) is 33.6. The maximum atomic E-state index is 12.4. The Kier molecular flexibility index (Phi) is 4.85. The predicted octanol–water partition coefficient (Wildman–Crippen LogP) is 5.31. The van der Waals surface area contributed by atoms with Crippen LogP contribution in [0.3, 0.4) is 0 Å². The summed E-state index contributed by atoms with van der Waals surface area (Å²) >= 11 is 0. The highest BCUT2D eigenvalue weighted by atomic mass is 16.5. The second kappa shape index (κ2) is 6.74. The first kappa shape index (κ1) is 17.3. The van der Waals surface area contributed by atoms with Crippen molar-refractivity contribution in [3.8, 4) is 5.75 Å². The number of fused-ring (bicyclic) bond motifs is 5. The van der Waals surface area contributed by atoms with Gasteiger partial charge in [-0.25, -0.2) is 0 Å². The molecule has 0 aliphatic heterocycles. The average Bonchev–Trinajstić information content (AvgIpc) is 2.92. The molecule has 0 N–H and O–H groups in total. The molecule has 4 rings (SSSR count). The summed E-state index contributed by atoms with van der Waals surface area (Å²) in [6, 6.07) is 6.69. The van der Waals surface area contributed by atoms with Crippen molar-refractivity contribution >= 4 is 5.78 Å². The van der Waals surface area contributed by atoms with Gasteiger partial charge < -0.3 is 4.74 Å². The molecule has 0 spiro atoms. The lowest BCUT2D eigenvalue weighted by Gasteiger charge is -2.48. The van der Waals surface area contributed by atoms with Crippen molar-refractivity contribution in [2.75, 3.05) is 6.61 Å². The van der Waals surface area contributed by atoms with Crippen LogP contribution in [-0.4, -0.2) is 12.4 Å². The van der Waals surface area contributed by atoms with Gasteiger partial charge in [0, 0.05) is 11.8 Å². The molecule has 1 aromatic carbocycles. The van der Waals surface area contributed by atoms with Gasteiger partial charge in [0.15, 0.2) is 0 Å². The predicted molar refractivity (Wildman–Crippen MR) is 98.5 cm³/mol. The van der Waals surface area contributed by atoms with Crippen LogP contribution in [0.25, 0.3) is 0 Å². The molecule has 4 atom stereocenters. The second-order valence-corrected chi connectivity index (χ2v) is 7.63. The van der Waals surface area contributed by atoms with E-state index in [1.807, 2.05) is 6.92 Å². The van der Waals surface area contributed by atoms with Crippen LogP contribution < -0.4 is 4.74 Å². The molecule has 0 amide bonds. The fraction of sp³-hybridized carbons (Fsp3) is 0.591. The maximum absolute atomic E-state index is 12.4. The van der Waals surface area contributed by atoms with E-state index in [1.165, 1.54) is 18.4 Å². The molecule has 4 unspecified atom stereocenters. The number of ketones is 1. The van der Waals surface area contributed by atoms with Crippen LogP contribution >= 0.6 is 0 Å². The number of benzene rings is 1. The second-order valence-electron chi connectivity index (χ2n) is 7.63. The van der Waals surface area contributed by atoms with Gasteiger partial charge in [-0.3, -0.25) is 4.79 Å². The van der Waals surface area contributed by atoms with Gasteiger partial charge in [-0.1, -0.05) is 13.0 Å². The van der Waals surface area contributed by atoms with E-state index in [2.05, 4.69) is 38.3 Å². The van der Waals surface area contributed by atoms with Gasteiger partial charge in [-0.15, -0.1) is 13.2 Å². The van der Waals surface area contributed by atoms with E-state index < -0.39 is 0 Å². The molecule has 2 saturated carbocycles. The van der Waals surface area contributed by atoms with E-state index in [4.69, 9.17) is 4.74 Å². The Morgan fingerprint density at radius 2 is 2.00 bits per heavy atom. The summed E-state index contributed by atoms with van der Waals surface area (Å²) in [4.78, 5) is 12.4. The quantitative estimate of drug-likeness (QED) is 0.688. The van der Waals surface area contributed by atoms with Crippen molar-refractivity contribution in [3.63, 3.8) is 0 Å². The van der Waals surface area contributed by atoms with Crippen LogP contribution in [0.2, 0.25) is 0 Å². The molecule has 24 heavy (non-hydrogen) atoms. The molecule has 0 heterocycles. The SMILES string of the molecule is C=C.CCOc1ccc2c(c1)CCC1C2CCC2(C)C(=O)CCC12. The first-order chi connectivity index (χ1) is 11.6. The molecule has 3 aliphatic carbocycles. The van der Waals surface area contributed by atoms with Crippen molar-refractivity contribution in [1.82, 2.24) is 0 Å². The van der Waals surface area contributed by atoms with E-state index in [0.29, 0.717) is 17.6 Å². The van der Waals surface area contributed by atoms with Crippen molar-refractivity contribution in [2.45, 2.75) is 58.3 Å². The lowest BCUT2D eigenvalue weighted by molar-refractivity contribution is -0.129. The van der Waals surface area contributed by atoms with Crippen LogP contribution in [0.1, 0.15) is 63.0 Å². The minimum absolute atomic E-state index is 0.00999. The number of carbonyl (C=O) groups is 1. The minimum atomic E-state index is -0.00999. The van der Waals surface area contributed by atoms with Crippen molar-refractivity contribution in [3.05, 3.63) is 42.5 Å². The summed E-state index contributed by atoms with van der Waals surface area (Å²) < 4.78 is 5.66. The number of hydrogen-bond donors (Lipinski definition) is 0. The Morgan fingerprint density at radius 1 is 1.21 bits per heavy atom. The molecular weight excluding hydrogens is 296 g/mol. The fourth-order valence-corrected chi connectivity index (χ4v) is 5.59. The molecule has 0 radical (unpaired) electrons. The van der Waals surface area contributed by atoms with Crippen LogP contribution in [0, 0.1) is 17.3 Å². The van der Waals surface area contributed by atoms with Crippen molar-refractivity contribution in [2.24, 2.45) is 17.3 Å². The van der Waals surface area contributed by atoms with Gasteiger partial charge in [-0.05, 0) is 80.0 Å². The number of carbonyl (C=O) groups excluding carboxylic acids is 1. The molecule has 2 nitrogen and oxygen atoms in total. The summed E-state index contributed by atoms with van der Waals surface area (Å²) in [5.74, 6) is 3.56. The van der Waals surface area contributed by atoms with Gasteiger partial charge in [0.25, 0.3) is 0 Å².